The SMILES string of the molecule is N#Cc1cccc(N2CCN(S(=O)(=O)c3ccc4[nH]c(=O)[nH]c4c3)CC2)n1. The maximum absolute atomic E-state index is 12.9. The van der Waals surface area contributed by atoms with Gasteiger partial charge in [-0.2, -0.15) is 9.57 Å². The molecule has 2 N–H and O–H groups in total. The van der Waals surface area contributed by atoms with Gasteiger partial charge in [-0.3, -0.25) is 0 Å². The van der Waals surface area contributed by atoms with Crippen molar-refractivity contribution < 1.29 is 8.42 Å². The van der Waals surface area contributed by atoms with E-state index in [1.807, 2.05) is 11.0 Å². The number of aromatic amines is 2. The number of fused-ring (bicyclic) bond motifs is 1. The number of nitriles is 1. The highest BCUT2D eigenvalue weighted by molar-refractivity contribution is 7.89. The van der Waals surface area contributed by atoms with Crippen LogP contribution in [0.1, 0.15) is 5.69 Å². The molecule has 10 heteroatoms. The van der Waals surface area contributed by atoms with Crippen LogP contribution in [-0.4, -0.2) is 53.9 Å². The smallest absolute Gasteiger partial charge is 0.323 e. The largest absolute Gasteiger partial charge is 0.354 e. The molecule has 1 fully saturated rings. The van der Waals surface area contributed by atoms with E-state index in [9.17, 15) is 13.2 Å². The van der Waals surface area contributed by atoms with E-state index in [0.29, 0.717) is 48.7 Å². The summed E-state index contributed by atoms with van der Waals surface area (Å²) in [5.74, 6) is 0.664. The third kappa shape index (κ3) is 3.18. The molecule has 3 heterocycles. The number of H-pyrrole nitrogens is 2. The molecule has 1 aliphatic heterocycles. The molecule has 0 bridgehead atoms. The highest BCUT2D eigenvalue weighted by atomic mass is 32.2. The molecule has 0 saturated carbocycles. The summed E-state index contributed by atoms with van der Waals surface area (Å²) in [5, 5.41) is 8.97. The van der Waals surface area contributed by atoms with E-state index in [0.717, 1.165) is 0 Å². The van der Waals surface area contributed by atoms with Crippen molar-refractivity contribution in [3.8, 4) is 6.07 Å². The number of hydrogen-bond donors (Lipinski definition) is 2. The summed E-state index contributed by atoms with van der Waals surface area (Å²) in [4.78, 5) is 22.9. The molecule has 0 spiro atoms. The van der Waals surface area contributed by atoms with Gasteiger partial charge in [-0.05, 0) is 30.3 Å². The molecule has 0 amide bonds. The lowest BCUT2D eigenvalue weighted by Gasteiger charge is -2.34. The van der Waals surface area contributed by atoms with Gasteiger partial charge >= 0.3 is 5.69 Å². The van der Waals surface area contributed by atoms with E-state index >= 15 is 0 Å². The Morgan fingerprint density at radius 3 is 2.52 bits per heavy atom. The van der Waals surface area contributed by atoms with Crippen molar-refractivity contribution in [2.45, 2.75) is 4.90 Å². The normalized spacial score (nSPS) is 15.7. The third-order valence-electron chi connectivity index (χ3n) is 4.54. The number of nitrogens with zero attached hydrogens (tertiary/aromatic N) is 4. The maximum atomic E-state index is 12.9. The number of anilines is 1. The third-order valence-corrected chi connectivity index (χ3v) is 6.43. The molecule has 2 aromatic heterocycles. The molecule has 1 aliphatic rings. The first-order valence-electron chi connectivity index (χ1n) is 8.32. The maximum Gasteiger partial charge on any atom is 0.323 e. The average Bonchev–Trinajstić information content (AvgIpc) is 3.07. The van der Waals surface area contributed by atoms with Gasteiger partial charge in [0.2, 0.25) is 10.0 Å². The van der Waals surface area contributed by atoms with Crippen LogP contribution in [0.4, 0.5) is 5.82 Å². The van der Waals surface area contributed by atoms with Crippen molar-refractivity contribution in [2.24, 2.45) is 0 Å². The Balaban J connectivity index is 1.53. The number of rotatable bonds is 3. The molecule has 0 unspecified atom stereocenters. The predicted molar refractivity (Wildman–Crippen MR) is 98.8 cm³/mol. The molecule has 4 rings (SSSR count). The van der Waals surface area contributed by atoms with Gasteiger partial charge in [-0.1, -0.05) is 6.07 Å². The molecule has 138 valence electrons. The molecule has 1 saturated heterocycles. The Kier molecular flexibility index (Phi) is 4.18. The molecular formula is C17H16N6O3S. The molecule has 1 aromatic carbocycles. The van der Waals surface area contributed by atoms with Gasteiger partial charge < -0.3 is 14.9 Å². The van der Waals surface area contributed by atoms with Gasteiger partial charge in [0.1, 0.15) is 17.6 Å². The van der Waals surface area contributed by atoms with Crippen LogP contribution in [0.25, 0.3) is 11.0 Å². The Morgan fingerprint density at radius 1 is 1.04 bits per heavy atom. The second kappa shape index (κ2) is 6.53. The summed E-state index contributed by atoms with van der Waals surface area (Å²) in [6.07, 6.45) is 0. The van der Waals surface area contributed by atoms with Crippen LogP contribution in [0.15, 0.2) is 46.1 Å². The quantitative estimate of drug-likeness (QED) is 0.682. The average molecular weight is 384 g/mol. The Labute approximate surface area is 154 Å². The first-order valence-corrected chi connectivity index (χ1v) is 9.76. The lowest BCUT2D eigenvalue weighted by atomic mass is 10.3. The van der Waals surface area contributed by atoms with E-state index < -0.39 is 10.0 Å². The summed E-state index contributed by atoms with van der Waals surface area (Å²) >= 11 is 0. The summed E-state index contributed by atoms with van der Waals surface area (Å²) in [6.45, 7) is 1.57. The van der Waals surface area contributed by atoms with Crippen LogP contribution in [0.5, 0.6) is 0 Å². The van der Waals surface area contributed by atoms with Crippen LogP contribution in [0.2, 0.25) is 0 Å². The zero-order chi connectivity index (χ0) is 19.0. The number of hydrogen-bond acceptors (Lipinski definition) is 6. The fraction of sp³-hybridized carbons (Fsp3) is 0.235. The Hall–Kier alpha value is -3.16. The summed E-state index contributed by atoms with van der Waals surface area (Å²) in [7, 11) is -3.66. The van der Waals surface area contributed by atoms with E-state index in [-0.39, 0.29) is 10.6 Å². The number of nitrogens with one attached hydrogen (secondary N) is 2. The van der Waals surface area contributed by atoms with Gasteiger partial charge in [-0.25, -0.2) is 18.2 Å². The zero-order valence-electron chi connectivity index (χ0n) is 14.2. The monoisotopic (exact) mass is 384 g/mol. The van der Waals surface area contributed by atoms with Crippen molar-refractivity contribution >= 4 is 26.9 Å². The fourth-order valence-corrected chi connectivity index (χ4v) is 4.59. The van der Waals surface area contributed by atoms with Crippen LogP contribution in [0.3, 0.4) is 0 Å². The standard InChI is InChI=1S/C17H16N6O3S/c18-11-12-2-1-3-16(19-12)22-6-8-23(9-7-22)27(25,26)13-4-5-14-15(10-13)21-17(24)20-14/h1-5,10H,6-9H2,(H2,20,21,24). The van der Waals surface area contributed by atoms with Crippen molar-refractivity contribution in [3.05, 3.63) is 52.6 Å². The van der Waals surface area contributed by atoms with Gasteiger partial charge in [0.15, 0.2) is 0 Å². The van der Waals surface area contributed by atoms with E-state index in [4.69, 9.17) is 5.26 Å². The van der Waals surface area contributed by atoms with Crippen molar-refractivity contribution in [1.82, 2.24) is 19.3 Å². The lowest BCUT2D eigenvalue weighted by Crippen LogP contribution is -2.48. The lowest BCUT2D eigenvalue weighted by molar-refractivity contribution is 0.384. The minimum absolute atomic E-state index is 0.142. The van der Waals surface area contributed by atoms with Crippen LogP contribution in [-0.2, 0) is 10.0 Å². The molecule has 0 atom stereocenters. The molecule has 9 nitrogen and oxygen atoms in total. The molecule has 3 aromatic rings. The van der Waals surface area contributed by atoms with Gasteiger partial charge in [-0.15, -0.1) is 0 Å². The van der Waals surface area contributed by atoms with Crippen LogP contribution >= 0.6 is 0 Å². The summed E-state index contributed by atoms with van der Waals surface area (Å²) in [6, 6.07) is 11.7. The number of sulfonamides is 1. The minimum atomic E-state index is -3.66. The zero-order valence-corrected chi connectivity index (χ0v) is 15.0. The summed E-state index contributed by atoms with van der Waals surface area (Å²) in [5.41, 5.74) is 0.973. The van der Waals surface area contributed by atoms with Gasteiger partial charge in [0, 0.05) is 26.2 Å². The molecule has 0 aliphatic carbocycles. The number of pyridine rings is 1. The van der Waals surface area contributed by atoms with Gasteiger partial charge in [0.25, 0.3) is 0 Å². The molecule has 27 heavy (non-hydrogen) atoms. The topological polar surface area (TPSA) is 126 Å². The Bertz CT molecular complexity index is 1200. The van der Waals surface area contributed by atoms with Crippen molar-refractivity contribution in [1.29, 1.82) is 5.26 Å². The van der Waals surface area contributed by atoms with E-state index in [1.165, 1.54) is 16.4 Å². The number of aromatic nitrogens is 3. The number of piperazine rings is 1. The van der Waals surface area contributed by atoms with E-state index in [1.54, 1.807) is 24.3 Å². The fourth-order valence-electron chi connectivity index (χ4n) is 3.14. The highest BCUT2D eigenvalue weighted by Gasteiger charge is 2.29. The minimum Gasteiger partial charge on any atom is -0.354 e. The first-order chi connectivity index (χ1) is 13.0. The number of benzene rings is 1. The van der Waals surface area contributed by atoms with Crippen molar-refractivity contribution in [2.75, 3.05) is 31.1 Å². The van der Waals surface area contributed by atoms with Crippen LogP contribution < -0.4 is 10.6 Å². The second-order valence-corrected chi connectivity index (χ2v) is 8.11. The molecular weight excluding hydrogens is 368 g/mol. The number of imidazole rings is 1. The van der Waals surface area contributed by atoms with E-state index in [2.05, 4.69) is 15.0 Å². The van der Waals surface area contributed by atoms with Crippen LogP contribution in [0, 0.1) is 11.3 Å². The Morgan fingerprint density at radius 2 is 1.78 bits per heavy atom. The second-order valence-electron chi connectivity index (χ2n) is 6.17. The summed E-state index contributed by atoms with van der Waals surface area (Å²) < 4.78 is 27.3. The predicted octanol–water partition coefficient (Wildman–Crippen LogP) is 0.634. The van der Waals surface area contributed by atoms with Crippen molar-refractivity contribution in [3.63, 3.8) is 0 Å². The van der Waals surface area contributed by atoms with Gasteiger partial charge in [0.05, 0.1) is 15.9 Å². The highest BCUT2D eigenvalue weighted by Crippen LogP contribution is 2.22. The first kappa shape index (κ1) is 17.3. The molecule has 0 radical (unpaired) electrons.